The zero-order valence-electron chi connectivity index (χ0n) is 15.6. The van der Waals surface area contributed by atoms with Crippen molar-refractivity contribution in [2.45, 2.75) is 6.92 Å². The van der Waals surface area contributed by atoms with Crippen LogP contribution in [0.5, 0.6) is 0 Å². The van der Waals surface area contributed by atoms with E-state index in [0.717, 1.165) is 48.1 Å². The normalized spacial score (nSPS) is 14.1. The van der Waals surface area contributed by atoms with E-state index in [2.05, 4.69) is 16.3 Å². The Balaban J connectivity index is 1.49. The molecule has 1 fully saturated rings. The minimum absolute atomic E-state index is 0.185. The van der Waals surface area contributed by atoms with Gasteiger partial charge >= 0.3 is 0 Å². The van der Waals surface area contributed by atoms with E-state index in [1.54, 1.807) is 30.3 Å². The molecule has 1 saturated heterocycles. The molecule has 28 heavy (non-hydrogen) atoms. The van der Waals surface area contributed by atoms with Gasteiger partial charge in [0.1, 0.15) is 5.82 Å². The minimum atomic E-state index is -0.286. The Morgan fingerprint density at radius 3 is 2.64 bits per heavy atom. The van der Waals surface area contributed by atoms with Crippen LogP contribution in [-0.2, 0) is 4.74 Å². The van der Waals surface area contributed by atoms with Gasteiger partial charge in [-0.25, -0.2) is 4.39 Å². The van der Waals surface area contributed by atoms with E-state index in [-0.39, 0.29) is 11.7 Å². The molecule has 1 aromatic heterocycles. The second-order valence-corrected chi connectivity index (χ2v) is 7.78. The summed E-state index contributed by atoms with van der Waals surface area (Å²) in [5.74, 6) is -0.472. The van der Waals surface area contributed by atoms with E-state index >= 15 is 0 Å². The molecule has 0 atom stereocenters. The van der Waals surface area contributed by atoms with Crippen molar-refractivity contribution in [2.75, 3.05) is 36.5 Å². The SMILES string of the molecule is Cc1cc(N2CCOCC2)ccc1NC(=O)c1ccc(-c2ccccc2F)s1. The summed E-state index contributed by atoms with van der Waals surface area (Å²) in [5, 5.41) is 2.97. The third-order valence-corrected chi connectivity index (χ3v) is 5.92. The standard InChI is InChI=1S/C22H21FN2O2S/c1-15-14-16(25-10-12-27-13-11-25)6-7-19(15)24-22(26)21-9-8-20(28-21)17-4-2-3-5-18(17)23/h2-9,14H,10-13H2,1H3,(H,24,26). The molecule has 1 N–H and O–H groups in total. The van der Waals surface area contributed by atoms with Gasteiger partial charge in [-0.2, -0.15) is 0 Å². The van der Waals surface area contributed by atoms with Crippen LogP contribution in [0.3, 0.4) is 0 Å². The van der Waals surface area contributed by atoms with Gasteiger partial charge < -0.3 is 15.0 Å². The van der Waals surface area contributed by atoms with E-state index in [1.165, 1.54) is 17.4 Å². The van der Waals surface area contributed by atoms with Gasteiger partial charge in [0, 0.05) is 34.9 Å². The average Bonchev–Trinajstić information content (AvgIpc) is 3.20. The van der Waals surface area contributed by atoms with Crippen LogP contribution >= 0.6 is 11.3 Å². The van der Waals surface area contributed by atoms with Gasteiger partial charge in [0.05, 0.1) is 18.1 Å². The van der Waals surface area contributed by atoms with Gasteiger partial charge in [-0.05, 0) is 48.9 Å². The third kappa shape index (κ3) is 3.93. The molecule has 4 nitrogen and oxygen atoms in total. The molecule has 0 aliphatic carbocycles. The summed E-state index contributed by atoms with van der Waals surface area (Å²) in [6.45, 7) is 5.21. The van der Waals surface area contributed by atoms with Crippen LogP contribution in [0.4, 0.5) is 15.8 Å². The van der Waals surface area contributed by atoms with Crippen molar-refractivity contribution in [1.29, 1.82) is 0 Å². The number of nitrogens with one attached hydrogen (secondary N) is 1. The summed E-state index contributed by atoms with van der Waals surface area (Å²) in [7, 11) is 0. The summed E-state index contributed by atoms with van der Waals surface area (Å²) in [4.78, 5) is 16.2. The van der Waals surface area contributed by atoms with Crippen molar-refractivity contribution in [3.05, 3.63) is 70.9 Å². The van der Waals surface area contributed by atoms with Gasteiger partial charge in [0.25, 0.3) is 5.91 Å². The lowest BCUT2D eigenvalue weighted by Gasteiger charge is -2.29. The number of nitrogens with zero attached hydrogens (tertiary/aromatic N) is 1. The number of hydrogen-bond acceptors (Lipinski definition) is 4. The largest absolute Gasteiger partial charge is 0.378 e. The maximum Gasteiger partial charge on any atom is 0.265 e. The Morgan fingerprint density at radius 1 is 1.11 bits per heavy atom. The van der Waals surface area contributed by atoms with Crippen LogP contribution in [-0.4, -0.2) is 32.2 Å². The minimum Gasteiger partial charge on any atom is -0.378 e. The van der Waals surface area contributed by atoms with Crippen LogP contribution in [0, 0.1) is 12.7 Å². The first kappa shape index (κ1) is 18.7. The number of benzene rings is 2. The van der Waals surface area contributed by atoms with E-state index < -0.39 is 0 Å². The molecule has 2 aromatic carbocycles. The third-order valence-electron chi connectivity index (χ3n) is 4.80. The number of morpholine rings is 1. The Morgan fingerprint density at radius 2 is 1.89 bits per heavy atom. The molecule has 1 amide bonds. The average molecular weight is 396 g/mol. The lowest BCUT2D eigenvalue weighted by Crippen LogP contribution is -2.36. The number of anilines is 2. The smallest absolute Gasteiger partial charge is 0.265 e. The highest BCUT2D eigenvalue weighted by molar-refractivity contribution is 7.17. The molecular weight excluding hydrogens is 375 g/mol. The summed E-state index contributed by atoms with van der Waals surface area (Å²) in [5.41, 5.74) is 3.43. The summed E-state index contributed by atoms with van der Waals surface area (Å²) < 4.78 is 19.4. The number of halogens is 1. The van der Waals surface area contributed by atoms with Crippen molar-refractivity contribution < 1.29 is 13.9 Å². The fourth-order valence-corrected chi connectivity index (χ4v) is 4.18. The molecule has 1 aliphatic heterocycles. The molecular formula is C22H21FN2O2S. The second kappa shape index (κ2) is 8.12. The molecule has 6 heteroatoms. The van der Waals surface area contributed by atoms with Crippen LogP contribution < -0.4 is 10.2 Å². The van der Waals surface area contributed by atoms with Crippen molar-refractivity contribution in [3.63, 3.8) is 0 Å². The first-order chi connectivity index (χ1) is 13.6. The molecule has 144 valence electrons. The van der Waals surface area contributed by atoms with Gasteiger partial charge in [-0.1, -0.05) is 18.2 Å². The number of carbonyl (C=O) groups excluding carboxylic acids is 1. The van der Waals surface area contributed by atoms with Gasteiger partial charge in [0.2, 0.25) is 0 Å². The lowest BCUT2D eigenvalue weighted by molar-refractivity contribution is 0.103. The van der Waals surface area contributed by atoms with E-state index in [1.807, 2.05) is 19.1 Å². The topological polar surface area (TPSA) is 41.6 Å². The Kier molecular flexibility index (Phi) is 5.41. The van der Waals surface area contributed by atoms with Gasteiger partial charge in [-0.3, -0.25) is 4.79 Å². The molecule has 0 radical (unpaired) electrons. The number of thiophene rings is 1. The van der Waals surface area contributed by atoms with Gasteiger partial charge in [-0.15, -0.1) is 11.3 Å². The predicted octanol–water partition coefficient (Wildman–Crippen LogP) is 4.95. The van der Waals surface area contributed by atoms with Crippen LogP contribution in [0.25, 0.3) is 10.4 Å². The number of amides is 1. The van der Waals surface area contributed by atoms with Crippen molar-refractivity contribution >= 4 is 28.6 Å². The number of hydrogen-bond donors (Lipinski definition) is 1. The Hall–Kier alpha value is -2.70. The quantitative estimate of drug-likeness (QED) is 0.678. The lowest BCUT2D eigenvalue weighted by atomic mass is 10.1. The number of rotatable bonds is 4. The molecule has 0 spiro atoms. The maximum absolute atomic E-state index is 14.0. The highest BCUT2D eigenvalue weighted by Crippen LogP contribution is 2.31. The zero-order valence-corrected chi connectivity index (χ0v) is 16.4. The van der Waals surface area contributed by atoms with Crippen LogP contribution in [0.1, 0.15) is 15.2 Å². The summed E-state index contributed by atoms with van der Waals surface area (Å²) in [6.07, 6.45) is 0. The number of ether oxygens (including phenoxy) is 1. The number of carbonyl (C=O) groups is 1. The fraction of sp³-hybridized carbons (Fsp3) is 0.227. The highest BCUT2D eigenvalue weighted by Gasteiger charge is 2.15. The van der Waals surface area contributed by atoms with E-state index in [0.29, 0.717) is 10.4 Å². The van der Waals surface area contributed by atoms with Crippen molar-refractivity contribution in [1.82, 2.24) is 0 Å². The zero-order chi connectivity index (χ0) is 19.5. The predicted molar refractivity (Wildman–Crippen MR) is 112 cm³/mol. The van der Waals surface area contributed by atoms with Crippen molar-refractivity contribution in [3.8, 4) is 10.4 Å². The Labute approximate surface area is 167 Å². The molecule has 0 unspecified atom stereocenters. The maximum atomic E-state index is 14.0. The first-order valence-electron chi connectivity index (χ1n) is 9.21. The van der Waals surface area contributed by atoms with Crippen LogP contribution in [0.2, 0.25) is 0 Å². The highest BCUT2D eigenvalue weighted by atomic mass is 32.1. The fourth-order valence-electron chi connectivity index (χ4n) is 3.26. The second-order valence-electron chi connectivity index (χ2n) is 6.70. The van der Waals surface area contributed by atoms with E-state index in [4.69, 9.17) is 4.74 Å². The van der Waals surface area contributed by atoms with E-state index in [9.17, 15) is 9.18 Å². The molecule has 2 heterocycles. The summed E-state index contributed by atoms with van der Waals surface area (Å²) >= 11 is 1.29. The molecule has 0 saturated carbocycles. The molecule has 0 bridgehead atoms. The number of aryl methyl sites for hydroxylation is 1. The Bertz CT molecular complexity index is 996. The van der Waals surface area contributed by atoms with Crippen molar-refractivity contribution in [2.24, 2.45) is 0 Å². The van der Waals surface area contributed by atoms with Gasteiger partial charge in [0.15, 0.2) is 0 Å². The van der Waals surface area contributed by atoms with Crippen LogP contribution in [0.15, 0.2) is 54.6 Å². The molecule has 4 rings (SSSR count). The summed E-state index contributed by atoms with van der Waals surface area (Å²) in [6, 6.07) is 16.1. The molecule has 3 aromatic rings. The molecule has 1 aliphatic rings. The first-order valence-corrected chi connectivity index (χ1v) is 10.0. The monoisotopic (exact) mass is 396 g/mol.